The molecule has 94 valence electrons. The van der Waals surface area contributed by atoms with Crippen LogP contribution in [0.5, 0.6) is 5.88 Å². The van der Waals surface area contributed by atoms with Crippen LogP contribution in [0.4, 0.5) is 5.69 Å². The SMILES string of the molecule is CC(C)OCCOc1nc(C(N)=O)ccc1N. The summed E-state index contributed by atoms with van der Waals surface area (Å²) in [4.78, 5) is 14.8. The standard InChI is InChI=1S/C11H17N3O3/c1-7(2)16-5-6-17-11-8(12)3-4-9(14-11)10(13)15/h3-4,7H,5-6,12H2,1-2H3,(H2,13,15). The van der Waals surface area contributed by atoms with Gasteiger partial charge in [0.2, 0.25) is 5.88 Å². The lowest BCUT2D eigenvalue weighted by Gasteiger charge is -2.10. The number of carbonyl (C=O) groups is 1. The largest absolute Gasteiger partial charge is 0.474 e. The molecule has 0 radical (unpaired) electrons. The number of pyridine rings is 1. The minimum atomic E-state index is -0.617. The van der Waals surface area contributed by atoms with E-state index in [1.54, 1.807) is 0 Å². The van der Waals surface area contributed by atoms with E-state index in [4.69, 9.17) is 20.9 Å². The number of amides is 1. The highest BCUT2D eigenvalue weighted by molar-refractivity contribution is 5.91. The summed E-state index contributed by atoms with van der Waals surface area (Å²) in [5, 5.41) is 0. The second-order valence-corrected chi connectivity index (χ2v) is 3.72. The van der Waals surface area contributed by atoms with Gasteiger partial charge in [0, 0.05) is 0 Å². The van der Waals surface area contributed by atoms with E-state index < -0.39 is 5.91 Å². The van der Waals surface area contributed by atoms with E-state index in [9.17, 15) is 4.79 Å². The number of rotatable bonds is 6. The van der Waals surface area contributed by atoms with Crippen LogP contribution < -0.4 is 16.2 Å². The topological polar surface area (TPSA) is 100 Å². The molecule has 1 aromatic heterocycles. The number of nitrogens with two attached hydrogens (primary N) is 2. The Morgan fingerprint density at radius 2 is 2.12 bits per heavy atom. The summed E-state index contributed by atoms with van der Waals surface area (Å²) in [6.07, 6.45) is 0.140. The van der Waals surface area contributed by atoms with Crippen molar-refractivity contribution in [2.24, 2.45) is 5.73 Å². The third kappa shape index (κ3) is 4.28. The van der Waals surface area contributed by atoms with E-state index in [0.29, 0.717) is 18.9 Å². The van der Waals surface area contributed by atoms with Crippen LogP contribution in [0.25, 0.3) is 0 Å². The lowest BCUT2D eigenvalue weighted by molar-refractivity contribution is 0.0544. The Bertz CT molecular complexity index is 394. The molecule has 4 N–H and O–H groups in total. The fourth-order valence-electron chi connectivity index (χ4n) is 1.13. The summed E-state index contributed by atoms with van der Waals surface area (Å²) in [6.45, 7) is 4.61. The monoisotopic (exact) mass is 239 g/mol. The van der Waals surface area contributed by atoms with Gasteiger partial charge in [0.25, 0.3) is 5.91 Å². The van der Waals surface area contributed by atoms with Crippen molar-refractivity contribution in [3.8, 4) is 5.88 Å². The molecule has 6 nitrogen and oxygen atoms in total. The van der Waals surface area contributed by atoms with E-state index in [1.165, 1.54) is 12.1 Å². The number of nitrogen functional groups attached to an aromatic ring is 1. The molecule has 0 saturated carbocycles. The zero-order valence-corrected chi connectivity index (χ0v) is 9.97. The van der Waals surface area contributed by atoms with Crippen molar-refractivity contribution in [3.05, 3.63) is 17.8 Å². The molecule has 1 rings (SSSR count). The van der Waals surface area contributed by atoms with Crippen molar-refractivity contribution in [2.45, 2.75) is 20.0 Å². The fourth-order valence-corrected chi connectivity index (χ4v) is 1.13. The van der Waals surface area contributed by atoms with Crippen LogP contribution in [0.1, 0.15) is 24.3 Å². The Hall–Kier alpha value is -1.82. The van der Waals surface area contributed by atoms with Crippen LogP contribution in [-0.2, 0) is 4.74 Å². The van der Waals surface area contributed by atoms with Gasteiger partial charge in [-0.05, 0) is 26.0 Å². The van der Waals surface area contributed by atoms with Gasteiger partial charge in [-0.25, -0.2) is 4.98 Å². The first-order chi connectivity index (χ1) is 8.00. The molecule has 0 spiro atoms. The molecule has 1 amide bonds. The lowest BCUT2D eigenvalue weighted by atomic mass is 10.3. The summed E-state index contributed by atoms with van der Waals surface area (Å²) in [5.74, 6) is -0.415. The van der Waals surface area contributed by atoms with Crippen molar-refractivity contribution in [1.82, 2.24) is 4.98 Å². The molecule has 0 saturated heterocycles. The van der Waals surface area contributed by atoms with Gasteiger partial charge in [0.1, 0.15) is 12.3 Å². The summed E-state index contributed by atoms with van der Waals surface area (Å²) >= 11 is 0. The van der Waals surface area contributed by atoms with Crippen LogP contribution in [0.3, 0.4) is 0 Å². The van der Waals surface area contributed by atoms with Crippen LogP contribution in [0, 0.1) is 0 Å². The number of hydrogen-bond donors (Lipinski definition) is 2. The smallest absolute Gasteiger partial charge is 0.267 e. The number of hydrogen-bond acceptors (Lipinski definition) is 5. The van der Waals surface area contributed by atoms with Crippen molar-refractivity contribution < 1.29 is 14.3 Å². The van der Waals surface area contributed by atoms with Crippen molar-refractivity contribution >= 4 is 11.6 Å². The molecule has 0 aliphatic carbocycles. The van der Waals surface area contributed by atoms with Crippen LogP contribution in [0.15, 0.2) is 12.1 Å². The number of primary amides is 1. The van der Waals surface area contributed by atoms with E-state index in [2.05, 4.69) is 4.98 Å². The summed E-state index contributed by atoms with van der Waals surface area (Å²) < 4.78 is 10.6. The zero-order chi connectivity index (χ0) is 12.8. The molecule has 1 heterocycles. The molecule has 0 aromatic carbocycles. The number of aromatic nitrogens is 1. The molecule has 0 bridgehead atoms. The fraction of sp³-hybridized carbons (Fsp3) is 0.455. The Morgan fingerprint density at radius 3 is 2.71 bits per heavy atom. The maximum absolute atomic E-state index is 10.9. The zero-order valence-electron chi connectivity index (χ0n) is 9.97. The minimum absolute atomic E-state index is 0.124. The average Bonchev–Trinajstić information content (AvgIpc) is 2.25. The Morgan fingerprint density at radius 1 is 1.41 bits per heavy atom. The second kappa shape index (κ2) is 6.05. The van der Waals surface area contributed by atoms with Gasteiger partial charge in [-0.3, -0.25) is 4.79 Å². The normalized spacial score (nSPS) is 10.5. The minimum Gasteiger partial charge on any atom is -0.474 e. The number of ether oxygens (including phenoxy) is 2. The number of anilines is 1. The average molecular weight is 239 g/mol. The van der Waals surface area contributed by atoms with Crippen LogP contribution in [0.2, 0.25) is 0 Å². The van der Waals surface area contributed by atoms with E-state index in [0.717, 1.165) is 0 Å². The number of nitrogens with zero attached hydrogens (tertiary/aromatic N) is 1. The van der Waals surface area contributed by atoms with Gasteiger partial charge in [-0.15, -0.1) is 0 Å². The Labute approximate surface area is 99.9 Å². The first-order valence-electron chi connectivity index (χ1n) is 5.31. The molecular weight excluding hydrogens is 222 g/mol. The molecule has 1 aromatic rings. The summed E-state index contributed by atoms with van der Waals surface area (Å²) in [7, 11) is 0. The van der Waals surface area contributed by atoms with E-state index in [-0.39, 0.29) is 17.7 Å². The van der Waals surface area contributed by atoms with E-state index >= 15 is 0 Å². The molecule has 0 aliphatic heterocycles. The highest BCUT2D eigenvalue weighted by Crippen LogP contribution is 2.18. The molecule has 0 unspecified atom stereocenters. The summed E-state index contributed by atoms with van der Waals surface area (Å²) in [6, 6.07) is 2.99. The highest BCUT2D eigenvalue weighted by atomic mass is 16.5. The van der Waals surface area contributed by atoms with Gasteiger partial charge in [0.05, 0.1) is 18.4 Å². The van der Waals surface area contributed by atoms with E-state index in [1.807, 2.05) is 13.8 Å². The maximum atomic E-state index is 10.9. The second-order valence-electron chi connectivity index (χ2n) is 3.72. The lowest BCUT2D eigenvalue weighted by Crippen LogP contribution is -2.16. The highest BCUT2D eigenvalue weighted by Gasteiger charge is 2.08. The van der Waals surface area contributed by atoms with Gasteiger partial charge >= 0.3 is 0 Å². The Balaban J connectivity index is 2.57. The Kier molecular flexibility index (Phi) is 4.71. The molecule has 0 aliphatic rings. The predicted molar refractivity (Wildman–Crippen MR) is 63.8 cm³/mol. The van der Waals surface area contributed by atoms with Gasteiger partial charge < -0.3 is 20.9 Å². The third-order valence-electron chi connectivity index (χ3n) is 1.92. The maximum Gasteiger partial charge on any atom is 0.267 e. The molecule has 17 heavy (non-hydrogen) atoms. The molecule has 6 heteroatoms. The van der Waals surface area contributed by atoms with Crippen LogP contribution >= 0.6 is 0 Å². The van der Waals surface area contributed by atoms with Gasteiger partial charge in [-0.2, -0.15) is 0 Å². The molecule has 0 fully saturated rings. The molecule has 0 atom stereocenters. The van der Waals surface area contributed by atoms with Crippen LogP contribution in [-0.4, -0.2) is 30.2 Å². The van der Waals surface area contributed by atoms with Gasteiger partial charge in [0.15, 0.2) is 0 Å². The third-order valence-corrected chi connectivity index (χ3v) is 1.92. The predicted octanol–water partition coefficient (Wildman–Crippen LogP) is 0.567. The van der Waals surface area contributed by atoms with Crippen molar-refractivity contribution in [2.75, 3.05) is 18.9 Å². The number of carbonyl (C=O) groups excluding carboxylic acids is 1. The quantitative estimate of drug-likeness (QED) is 0.707. The first kappa shape index (κ1) is 13.2. The molecular formula is C11H17N3O3. The first-order valence-corrected chi connectivity index (χ1v) is 5.31. The van der Waals surface area contributed by atoms with Crippen molar-refractivity contribution in [3.63, 3.8) is 0 Å². The van der Waals surface area contributed by atoms with Gasteiger partial charge in [-0.1, -0.05) is 0 Å². The summed E-state index contributed by atoms with van der Waals surface area (Å²) in [5.41, 5.74) is 11.2. The van der Waals surface area contributed by atoms with Crippen molar-refractivity contribution in [1.29, 1.82) is 0 Å².